The first-order chi connectivity index (χ1) is 13.7. The molecule has 28 heavy (non-hydrogen) atoms. The third-order valence-electron chi connectivity index (χ3n) is 7.35. The molecule has 3 aromatic rings. The second-order valence-corrected chi connectivity index (χ2v) is 11.4. The zero-order valence-electron chi connectivity index (χ0n) is 16.7. The van der Waals surface area contributed by atoms with Crippen LogP contribution in [0.2, 0.25) is 0 Å². The Morgan fingerprint density at radius 3 is 1.93 bits per heavy atom. The van der Waals surface area contributed by atoms with E-state index in [1.165, 1.54) is 29.1 Å². The van der Waals surface area contributed by atoms with Gasteiger partial charge in [-0.05, 0) is 66.4 Å². The van der Waals surface area contributed by atoms with Gasteiger partial charge in [-0.2, -0.15) is 0 Å². The maximum atomic E-state index is 4.87. The van der Waals surface area contributed by atoms with Crippen molar-refractivity contribution in [1.29, 1.82) is 0 Å². The molecule has 1 aromatic heterocycles. The van der Waals surface area contributed by atoms with Gasteiger partial charge in [-0.25, -0.2) is 0 Å². The lowest BCUT2D eigenvalue weighted by Crippen LogP contribution is -2.56. The molecule has 2 aromatic carbocycles. The van der Waals surface area contributed by atoms with Gasteiger partial charge in [0.1, 0.15) is 0 Å². The van der Waals surface area contributed by atoms with Crippen molar-refractivity contribution in [3.63, 3.8) is 0 Å². The second-order valence-electron chi connectivity index (χ2n) is 8.99. The Bertz CT molecular complexity index is 883. The first-order valence-electron chi connectivity index (χ1n) is 10.5. The predicted octanol–water partition coefficient (Wildman–Crippen LogP) is 5.73. The highest BCUT2D eigenvalue weighted by Crippen LogP contribution is 2.68. The third kappa shape index (κ3) is 2.92. The van der Waals surface area contributed by atoms with Crippen LogP contribution in [0.3, 0.4) is 0 Å². The molecule has 3 aliphatic rings. The molecule has 0 saturated heterocycles. The molecule has 4 unspecified atom stereocenters. The molecule has 2 heteroatoms. The van der Waals surface area contributed by atoms with Crippen LogP contribution in [-0.4, -0.2) is 10.6 Å². The quantitative estimate of drug-likeness (QED) is 0.523. The van der Waals surface area contributed by atoms with Crippen LogP contribution in [0, 0.1) is 17.3 Å². The lowest BCUT2D eigenvalue weighted by molar-refractivity contribution is -0.0785. The Balaban J connectivity index is 1.63. The standard InChI is InChI=1S/C26H28NP/c1-26(2)19-17-22(26)25(23-15-9-10-16-27-23)24(18-19)28(20-11-5-3-6-12-20)21-13-7-4-8-14-21/h3-16,19,22,24-25H,17-18H2,1-2H3. The number of hydrogen-bond acceptors (Lipinski definition) is 1. The molecule has 0 amide bonds. The molecular weight excluding hydrogens is 357 g/mol. The number of aromatic nitrogens is 1. The van der Waals surface area contributed by atoms with E-state index in [4.69, 9.17) is 4.98 Å². The van der Waals surface area contributed by atoms with Crippen molar-refractivity contribution in [3.05, 3.63) is 90.8 Å². The van der Waals surface area contributed by atoms with Crippen molar-refractivity contribution >= 4 is 18.5 Å². The van der Waals surface area contributed by atoms with Crippen LogP contribution in [0.4, 0.5) is 0 Å². The van der Waals surface area contributed by atoms with Crippen molar-refractivity contribution in [2.24, 2.45) is 17.3 Å². The molecule has 6 rings (SSSR count). The van der Waals surface area contributed by atoms with Crippen LogP contribution in [0.15, 0.2) is 85.1 Å². The van der Waals surface area contributed by atoms with E-state index in [0.717, 1.165) is 11.8 Å². The third-order valence-corrected chi connectivity index (χ3v) is 10.3. The van der Waals surface area contributed by atoms with Gasteiger partial charge in [0, 0.05) is 17.8 Å². The molecule has 4 atom stereocenters. The van der Waals surface area contributed by atoms with E-state index in [-0.39, 0.29) is 0 Å². The van der Waals surface area contributed by atoms with Gasteiger partial charge in [-0.3, -0.25) is 4.98 Å². The molecule has 3 fully saturated rings. The molecule has 1 nitrogen and oxygen atoms in total. The first-order valence-corrected chi connectivity index (χ1v) is 11.9. The van der Waals surface area contributed by atoms with Crippen molar-refractivity contribution in [1.82, 2.24) is 4.98 Å². The van der Waals surface area contributed by atoms with Crippen molar-refractivity contribution in [2.45, 2.75) is 38.3 Å². The van der Waals surface area contributed by atoms with Gasteiger partial charge < -0.3 is 0 Å². The average molecular weight is 385 g/mol. The Morgan fingerprint density at radius 1 is 0.786 bits per heavy atom. The lowest BCUT2D eigenvalue weighted by Gasteiger charge is -2.63. The average Bonchev–Trinajstić information content (AvgIpc) is 2.76. The van der Waals surface area contributed by atoms with Crippen LogP contribution in [-0.2, 0) is 0 Å². The Hall–Kier alpha value is -1.98. The molecule has 0 N–H and O–H groups in total. The topological polar surface area (TPSA) is 12.9 Å². The van der Waals surface area contributed by atoms with E-state index in [0.29, 0.717) is 17.0 Å². The maximum absolute atomic E-state index is 4.87. The van der Waals surface area contributed by atoms with E-state index < -0.39 is 7.92 Å². The van der Waals surface area contributed by atoms with Gasteiger partial charge in [-0.1, -0.05) is 80.6 Å². The van der Waals surface area contributed by atoms with E-state index >= 15 is 0 Å². The van der Waals surface area contributed by atoms with Crippen LogP contribution >= 0.6 is 7.92 Å². The van der Waals surface area contributed by atoms with Crippen molar-refractivity contribution in [3.8, 4) is 0 Å². The minimum absolute atomic E-state index is 0.410. The van der Waals surface area contributed by atoms with Crippen LogP contribution in [0.25, 0.3) is 0 Å². The molecule has 3 saturated carbocycles. The normalized spacial score (nSPS) is 28.0. The van der Waals surface area contributed by atoms with Gasteiger partial charge >= 0.3 is 0 Å². The zero-order chi connectivity index (χ0) is 19.1. The Morgan fingerprint density at radius 2 is 1.39 bits per heavy atom. The van der Waals surface area contributed by atoms with E-state index in [1.54, 1.807) is 0 Å². The molecule has 0 aliphatic heterocycles. The lowest BCUT2D eigenvalue weighted by atomic mass is 9.45. The molecule has 0 radical (unpaired) electrons. The number of hydrogen-bond donors (Lipinski definition) is 0. The van der Waals surface area contributed by atoms with Crippen LogP contribution in [0.5, 0.6) is 0 Å². The van der Waals surface area contributed by atoms with Crippen LogP contribution in [0.1, 0.15) is 38.3 Å². The summed E-state index contributed by atoms with van der Waals surface area (Å²) in [6.07, 6.45) is 4.68. The predicted molar refractivity (Wildman–Crippen MR) is 120 cm³/mol. The summed E-state index contributed by atoms with van der Waals surface area (Å²) >= 11 is 0. The summed E-state index contributed by atoms with van der Waals surface area (Å²) in [7, 11) is -0.410. The SMILES string of the molecule is CC1(C)C2CC(P(c3ccccc3)c3ccccc3)C(c3ccccn3)C1C2. The summed E-state index contributed by atoms with van der Waals surface area (Å²) in [5, 5.41) is 3.02. The summed E-state index contributed by atoms with van der Waals surface area (Å²) in [4.78, 5) is 4.87. The number of benzene rings is 2. The maximum Gasteiger partial charge on any atom is 0.0444 e. The molecule has 3 aliphatic carbocycles. The summed E-state index contributed by atoms with van der Waals surface area (Å²) < 4.78 is 0. The minimum atomic E-state index is -0.410. The Kier molecular flexibility index (Phi) is 4.60. The van der Waals surface area contributed by atoms with Crippen LogP contribution < -0.4 is 10.6 Å². The smallest absolute Gasteiger partial charge is 0.0444 e. The minimum Gasteiger partial charge on any atom is -0.261 e. The Labute approximate surface area is 170 Å². The number of fused-ring (bicyclic) bond motifs is 2. The van der Waals surface area contributed by atoms with Gasteiger partial charge in [-0.15, -0.1) is 0 Å². The van der Waals surface area contributed by atoms with E-state index in [1.807, 2.05) is 12.3 Å². The second kappa shape index (κ2) is 7.12. The highest BCUT2D eigenvalue weighted by molar-refractivity contribution is 7.73. The highest BCUT2D eigenvalue weighted by Gasteiger charge is 2.59. The highest BCUT2D eigenvalue weighted by atomic mass is 31.1. The van der Waals surface area contributed by atoms with Crippen molar-refractivity contribution in [2.75, 3.05) is 0 Å². The summed E-state index contributed by atoms with van der Waals surface area (Å²) in [5.41, 5.74) is 2.40. The van der Waals surface area contributed by atoms with Crippen molar-refractivity contribution < 1.29 is 0 Å². The number of rotatable bonds is 4. The van der Waals surface area contributed by atoms with E-state index in [2.05, 4.69) is 86.6 Å². The van der Waals surface area contributed by atoms with Gasteiger partial charge in [0.2, 0.25) is 0 Å². The fraction of sp³-hybridized carbons (Fsp3) is 0.346. The summed E-state index contributed by atoms with van der Waals surface area (Å²) in [6.45, 7) is 4.98. The number of pyridine rings is 1. The fourth-order valence-corrected chi connectivity index (χ4v) is 8.92. The largest absolute Gasteiger partial charge is 0.261 e. The molecule has 142 valence electrons. The molecular formula is C26H28NP. The van der Waals surface area contributed by atoms with Gasteiger partial charge in [0.15, 0.2) is 0 Å². The molecule has 0 spiro atoms. The summed E-state index contributed by atoms with van der Waals surface area (Å²) in [5.74, 6) is 2.14. The van der Waals surface area contributed by atoms with Gasteiger partial charge in [0.05, 0.1) is 0 Å². The van der Waals surface area contributed by atoms with Gasteiger partial charge in [0.25, 0.3) is 0 Å². The monoisotopic (exact) mass is 385 g/mol. The first kappa shape index (κ1) is 18.1. The zero-order valence-corrected chi connectivity index (χ0v) is 17.6. The fourth-order valence-electron chi connectivity index (χ4n) is 5.72. The molecule has 2 bridgehead atoms. The number of nitrogens with zero attached hydrogens (tertiary/aromatic N) is 1. The summed E-state index contributed by atoms with van der Waals surface area (Å²) in [6, 6.07) is 29.0. The van der Waals surface area contributed by atoms with E-state index in [9.17, 15) is 0 Å². The molecule has 1 heterocycles.